The highest BCUT2D eigenvalue weighted by atomic mass is 16.5. The summed E-state index contributed by atoms with van der Waals surface area (Å²) in [5, 5.41) is 2.87. The number of nitrogens with zero attached hydrogens (tertiary/aromatic N) is 2. The zero-order valence-corrected chi connectivity index (χ0v) is 13.4. The number of aromatic nitrogens is 1. The fraction of sp³-hybridized carbons (Fsp3) is 0.278. The van der Waals surface area contributed by atoms with Crippen LogP contribution < -0.4 is 15.0 Å². The minimum atomic E-state index is -0.396. The van der Waals surface area contributed by atoms with Crippen LogP contribution in [0.2, 0.25) is 0 Å². The van der Waals surface area contributed by atoms with Crippen LogP contribution in [0.4, 0.5) is 11.4 Å². The van der Waals surface area contributed by atoms with Gasteiger partial charge in [0.05, 0.1) is 30.1 Å². The molecular formula is C18H19N3O3. The topological polar surface area (TPSA) is 71.5 Å². The molecule has 1 saturated heterocycles. The number of carbonyl (C=O) groups is 2. The number of nitrogens with one attached hydrogen (secondary N) is 1. The zero-order valence-electron chi connectivity index (χ0n) is 13.4. The number of ether oxygens (including phenoxy) is 1. The maximum atomic E-state index is 12.5. The molecule has 1 atom stereocenters. The quantitative estimate of drug-likeness (QED) is 0.917. The minimum Gasteiger partial charge on any atom is -0.492 e. The van der Waals surface area contributed by atoms with E-state index in [0.717, 1.165) is 0 Å². The Labute approximate surface area is 140 Å². The molecule has 1 aliphatic rings. The maximum absolute atomic E-state index is 12.5. The molecule has 1 aromatic carbocycles. The lowest BCUT2D eigenvalue weighted by molar-refractivity contribution is -0.122. The molecule has 1 aliphatic heterocycles. The van der Waals surface area contributed by atoms with Gasteiger partial charge >= 0.3 is 0 Å². The lowest BCUT2D eigenvalue weighted by atomic mass is 10.1. The summed E-state index contributed by atoms with van der Waals surface area (Å²) >= 11 is 0. The van der Waals surface area contributed by atoms with Crippen LogP contribution in [0.5, 0.6) is 5.75 Å². The highest BCUT2D eigenvalue weighted by Gasteiger charge is 2.35. The lowest BCUT2D eigenvalue weighted by Gasteiger charge is -2.16. The fourth-order valence-electron chi connectivity index (χ4n) is 2.73. The first kappa shape index (κ1) is 16.0. The molecule has 0 bridgehead atoms. The van der Waals surface area contributed by atoms with E-state index in [2.05, 4.69) is 10.3 Å². The summed E-state index contributed by atoms with van der Waals surface area (Å²) < 4.78 is 5.51. The van der Waals surface area contributed by atoms with Crippen molar-refractivity contribution >= 4 is 23.2 Å². The number of para-hydroxylation sites is 2. The predicted molar refractivity (Wildman–Crippen MR) is 90.9 cm³/mol. The Bertz CT molecular complexity index is 733. The van der Waals surface area contributed by atoms with E-state index >= 15 is 0 Å². The SMILES string of the molecule is CCOc1ccccc1NC(=O)C1CC(=O)N(c2cccnc2)C1. The van der Waals surface area contributed by atoms with E-state index in [-0.39, 0.29) is 18.2 Å². The number of amides is 2. The van der Waals surface area contributed by atoms with Gasteiger partial charge in [-0.05, 0) is 31.2 Å². The van der Waals surface area contributed by atoms with Gasteiger partial charge in [0.2, 0.25) is 11.8 Å². The van der Waals surface area contributed by atoms with E-state index in [4.69, 9.17) is 4.74 Å². The molecule has 0 spiro atoms. The highest BCUT2D eigenvalue weighted by molar-refractivity contribution is 6.03. The largest absolute Gasteiger partial charge is 0.492 e. The van der Waals surface area contributed by atoms with Crippen LogP contribution in [0.15, 0.2) is 48.8 Å². The van der Waals surface area contributed by atoms with Gasteiger partial charge < -0.3 is 15.0 Å². The number of rotatable bonds is 5. The molecule has 6 heteroatoms. The highest BCUT2D eigenvalue weighted by Crippen LogP contribution is 2.28. The minimum absolute atomic E-state index is 0.0683. The molecule has 0 radical (unpaired) electrons. The van der Waals surface area contributed by atoms with E-state index in [1.165, 1.54) is 0 Å². The van der Waals surface area contributed by atoms with Crippen LogP contribution in [0.1, 0.15) is 13.3 Å². The van der Waals surface area contributed by atoms with Gasteiger partial charge in [0, 0.05) is 19.2 Å². The summed E-state index contributed by atoms with van der Waals surface area (Å²) in [7, 11) is 0. The molecule has 0 saturated carbocycles. The van der Waals surface area contributed by atoms with Crippen LogP contribution >= 0.6 is 0 Å². The first-order valence-corrected chi connectivity index (χ1v) is 7.92. The molecule has 1 unspecified atom stereocenters. The van der Waals surface area contributed by atoms with Gasteiger partial charge in [-0.25, -0.2) is 0 Å². The fourth-order valence-corrected chi connectivity index (χ4v) is 2.73. The van der Waals surface area contributed by atoms with Crippen molar-refractivity contribution in [2.75, 3.05) is 23.4 Å². The second kappa shape index (κ2) is 7.12. The van der Waals surface area contributed by atoms with Crippen LogP contribution in [0, 0.1) is 5.92 Å². The Morgan fingerprint density at radius 2 is 2.17 bits per heavy atom. The van der Waals surface area contributed by atoms with Crippen LogP contribution in [0.25, 0.3) is 0 Å². The Balaban J connectivity index is 1.70. The van der Waals surface area contributed by atoms with Gasteiger partial charge in [0.15, 0.2) is 0 Å². The molecule has 24 heavy (non-hydrogen) atoms. The molecule has 1 aromatic heterocycles. The number of pyridine rings is 1. The van der Waals surface area contributed by atoms with Crippen molar-refractivity contribution in [1.29, 1.82) is 0 Å². The monoisotopic (exact) mass is 325 g/mol. The first-order valence-electron chi connectivity index (χ1n) is 7.92. The molecule has 1 fully saturated rings. The van der Waals surface area contributed by atoms with Crippen LogP contribution in [0.3, 0.4) is 0 Å². The second-order valence-corrected chi connectivity index (χ2v) is 5.54. The Morgan fingerprint density at radius 1 is 1.33 bits per heavy atom. The van der Waals surface area contributed by atoms with Gasteiger partial charge in [-0.15, -0.1) is 0 Å². The van der Waals surface area contributed by atoms with E-state index in [9.17, 15) is 9.59 Å². The normalized spacial score (nSPS) is 17.0. The third kappa shape index (κ3) is 3.37. The maximum Gasteiger partial charge on any atom is 0.229 e. The third-order valence-electron chi connectivity index (χ3n) is 3.90. The van der Waals surface area contributed by atoms with Gasteiger partial charge in [-0.2, -0.15) is 0 Å². The van der Waals surface area contributed by atoms with E-state index < -0.39 is 5.92 Å². The van der Waals surface area contributed by atoms with Crippen molar-refractivity contribution in [3.8, 4) is 5.75 Å². The average molecular weight is 325 g/mol. The van der Waals surface area contributed by atoms with Gasteiger partial charge in [-0.1, -0.05) is 12.1 Å². The number of hydrogen-bond donors (Lipinski definition) is 1. The second-order valence-electron chi connectivity index (χ2n) is 5.54. The summed E-state index contributed by atoms with van der Waals surface area (Å²) in [6.45, 7) is 2.76. The van der Waals surface area contributed by atoms with Gasteiger partial charge in [0.1, 0.15) is 5.75 Å². The number of carbonyl (C=O) groups excluding carboxylic acids is 2. The summed E-state index contributed by atoms with van der Waals surface area (Å²) in [6, 6.07) is 10.9. The molecule has 0 aliphatic carbocycles. The molecule has 2 heterocycles. The van der Waals surface area contributed by atoms with E-state index in [0.29, 0.717) is 30.3 Å². The van der Waals surface area contributed by atoms with Crippen molar-refractivity contribution < 1.29 is 14.3 Å². The third-order valence-corrected chi connectivity index (χ3v) is 3.90. The molecule has 2 aromatic rings. The molecular weight excluding hydrogens is 306 g/mol. The lowest BCUT2D eigenvalue weighted by Crippen LogP contribution is -2.28. The van der Waals surface area contributed by atoms with E-state index in [1.54, 1.807) is 35.5 Å². The number of anilines is 2. The van der Waals surface area contributed by atoms with Gasteiger partial charge in [-0.3, -0.25) is 14.6 Å². The summed E-state index contributed by atoms with van der Waals surface area (Å²) in [5.41, 5.74) is 1.34. The number of benzene rings is 1. The van der Waals surface area contributed by atoms with Crippen molar-refractivity contribution in [3.05, 3.63) is 48.8 Å². The Kier molecular flexibility index (Phi) is 4.74. The molecule has 3 rings (SSSR count). The van der Waals surface area contributed by atoms with Crippen molar-refractivity contribution in [1.82, 2.24) is 4.98 Å². The van der Waals surface area contributed by atoms with Crippen LogP contribution in [-0.2, 0) is 9.59 Å². The van der Waals surface area contributed by atoms with Crippen molar-refractivity contribution in [2.24, 2.45) is 5.92 Å². The van der Waals surface area contributed by atoms with Crippen molar-refractivity contribution in [2.45, 2.75) is 13.3 Å². The molecule has 2 amide bonds. The standard InChI is InChI=1S/C18H19N3O3/c1-2-24-16-8-4-3-7-15(16)20-18(23)13-10-17(22)21(12-13)14-6-5-9-19-11-14/h3-9,11,13H,2,10,12H2,1H3,(H,20,23). The molecule has 6 nitrogen and oxygen atoms in total. The number of hydrogen-bond acceptors (Lipinski definition) is 4. The summed E-state index contributed by atoms with van der Waals surface area (Å²) in [6.07, 6.45) is 3.47. The summed E-state index contributed by atoms with van der Waals surface area (Å²) in [5.74, 6) is -0.0164. The average Bonchev–Trinajstić information content (AvgIpc) is 3.00. The first-order chi connectivity index (χ1) is 11.7. The van der Waals surface area contributed by atoms with Crippen LogP contribution in [-0.4, -0.2) is 29.9 Å². The summed E-state index contributed by atoms with van der Waals surface area (Å²) in [4.78, 5) is 30.4. The molecule has 124 valence electrons. The molecule has 1 N–H and O–H groups in total. The van der Waals surface area contributed by atoms with E-state index in [1.807, 2.05) is 25.1 Å². The Morgan fingerprint density at radius 3 is 2.92 bits per heavy atom. The van der Waals surface area contributed by atoms with Crippen molar-refractivity contribution in [3.63, 3.8) is 0 Å². The Hall–Kier alpha value is -2.89. The smallest absolute Gasteiger partial charge is 0.229 e. The zero-order chi connectivity index (χ0) is 16.9. The van der Waals surface area contributed by atoms with Gasteiger partial charge in [0.25, 0.3) is 0 Å². The predicted octanol–water partition coefficient (Wildman–Crippen LogP) is 2.47.